The lowest BCUT2D eigenvalue weighted by molar-refractivity contribution is 0.0462. The zero-order chi connectivity index (χ0) is 29.7. The number of nitrogens with zero attached hydrogens (tertiary/aromatic N) is 3. The molecule has 4 aromatic rings. The number of nitrogens with two attached hydrogens (primary N) is 4. The van der Waals surface area contributed by atoms with Crippen LogP contribution in [0.25, 0.3) is 0 Å². The van der Waals surface area contributed by atoms with Crippen LogP contribution in [-0.2, 0) is 9.05 Å². The number of nitrogen functional groups attached to an aromatic ring is 4. The molecule has 1 heterocycles. The zero-order valence-corrected chi connectivity index (χ0v) is 25.4. The Hall–Kier alpha value is -3.79. The van der Waals surface area contributed by atoms with Crippen molar-refractivity contribution in [2.24, 2.45) is 4.52 Å². The van der Waals surface area contributed by atoms with E-state index in [0.29, 0.717) is 45.7 Å². The van der Waals surface area contributed by atoms with Crippen LogP contribution in [0.5, 0.6) is 23.0 Å². The summed E-state index contributed by atoms with van der Waals surface area (Å²) in [7, 11) is -4.50. The maximum atomic E-state index is 6.56. The van der Waals surface area contributed by atoms with Crippen molar-refractivity contribution in [1.82, 2.24) is 9.21 Å². The monoisotopic (exact) mass is 629 g/mol. The third-order valence-corrected chi connectivity index (χ3v) is 12.5. The molecule has 2 atom stereocenters. The molecule has 0 spiro atoms. The molecule has 220 valence electrons. The highest BCUT2D eigenvalue weighted by Gasteiger charge is 2.55. The molecule has 16 heteroatoms. The zero-order valence-electron chi connectivity index (χ0n) is 22.7. The molecule has 1 aliphatic rings. The molecule has 42 heavy (non-hydrogen) atoms. The Bertz CT molecular complexity index is 1520. The highest BCUT2D eigenvalue weighted by molar-refractivity contribution is 7.78. The summed E-state index contributed by atoms with van der Waals surface area (Å²) in [5.41, 5.74) is 25.9. The van der Waals surface area contributed by atoms with Crippen molar-refractivity contribution in [2.75, 3.05) is 37.2 Å². The minimum atomic E-state index is -3.37. The minimum absolute atomic E-state index is 0.435. The molecule has 0 radical (unpaired) electrons. The van der Waals surface area contributed by atoms with Gasteiger partial charge in [0.2, 0.25) is 0 Å². The van der Waals surface area contributed by atoms with Gasteiger partial charge in [0.1, 0.15) is 23.0 Å². The quantitative estimate of drug-likeness (QED) is 0.107. The Balaban J connectivity index is 1.65. The standard InChI is InChI=1S/C26H30N7O6P3/c1-34-42(35-2)31-40(38-25-15-7-21(29)8-16-25)32(36-23-11-3-19(27)4-12-23)41(39-26-17-9-22(30)10-18-26)33(42)37-24-13-5-20(28)6-14-24/h3-18H,27-30H2,1-2H3. The van der Waals surface area contributed by atoms with Gasteiger partial charge in [-0.2, -0.15) is 4.52 Å². The van der Waals surface area contributed by atoms with Gasteiger partial charge in [-0.3, -0.25) is 0 Å². The molecule has 0 aliphatic carbocycles. The average Bonchev–Trinajstić information content (AvgIpc) is 3.00. The topological polar surface area (TPSA) is 178 Å². The van der Waals surface area contributed by atoms with Gasteiger partial charge in [-0.15, -0.1) is 0 Å². The van der Waals surface area contributed by atoms with E-state index in [1.54, 1.807) is 97.1 Å². The highest BCUT2D eigenvalue weighted by atomic mass is 31.3. The molecule has 4 aromatic carbocycles. The second-order valence-corrected chi connectivity index (χ2v) is 14.5. The van der Waals surface area contributed by atoms with Crippen LogP contribution in [0.15, 0.2) is 102 Å². The van der Waals surface area contributed by atoms with Crippen molar-refractivity contribution >= 4 is 47.3 Å². The van der Waals surface area contributed by atoms with E-state index in [1.807, 2.05) is 0 Å². The highest BCUT2D eigenvalue weighted by Crippen LogP contribution is 2.78. The molecule has 5 rings (SSSR count). The van der Waals surface area contributed by atoms with Crippen molar-refractivity contribution in [2.45, 2.75) is 0 Å². The summed E-state index contributed by atoms with van der Waals surface area (Å²) >= 11 is 0. The van der Waals surface area contributed by atoms with Gasteiger partial charge in [-0.1, -0.05) is 0 Å². The van der Waals surface area contributed by atoms with Crippen molar-refractivity contribution < 1.29 is 27.8 Å². The van der Waals surface area contributed by atoms with Crippen molar-refractivity contribution in [3.63, 3.8) is 0 Å². The van der Waals surface area contributed by atoms with Crippen LogP contribution in [0.4, 0.5) is 22.7 Å². The van der Waals surface area contributed by atoms with Crippen LogP contribution in [0.2, 0.25) is 0 Å². The van der Waals surface area contributed by atoms with E-state index in [-0.39, 0.29) is 0 Å². The van der Waals surface area contributed by atoms with Crippen molar-refractivity contribution in [1.29, 1.82) is 0 Å². The van der Waals surface area contributed by atoms with Crippen LogP contribution in [0.1, 0.15) is 0 Å². The molecule has 2 unspecified atom stereocenters. The normalized spacial score (nSPS) is 18.5. The Morgan fingerprint density at radius 1 is 0.548 bits per heavy atom. The molecular formula is C26H30N7O6P3. The summed E-state index contributed by atoms with van der Waals surface area (Å²) in [6.45, 7) is 0. The molecule has 8 N–H and O–H groups in total. The third-order valence-electron chi connectivity index (χ3n) is 5.59. The fourth-order valence-corrected chi connectivity index (χ4v) is 10.9. The fourth-order valence-electron chi connectivity index (χ4n) is 3.45. The molecule has 1 aliphatic heterocycles. The number of benzene rings is 4. The second kappa shape index (κ2) is 13.0. The lowest BCUT2D eigenvalue weighted by atomic mass is 10.3. The first-order chi connectivity index (χ1) is 20.3. The van der Waals surface area contributed by atoms with Gasteiger partial charge in [0, 0.05) is 46.2 Å². The summed E-state index contributed by atoms with van der Waals surface area (Å²) < 4.78 is 32.7. The molecular weight excluding hydrogens is 599 g/mol. The molecule has 0 aromatic heterocycles. The van der Waals surface area contributed by atoms with E-state index >= 15 is 0 Å². The number of hydrogen-bond donors (Lipinski definition) is 4. The maximum Gasteiger partial charge on any atom is 0.346 e. The Morgan fingerprint density at radius 2 is 0.929 bits per heavy atom. The molecule has 0 saturated carbocycles. The third kappa shape index (κ3) is 6.81. The molecule has 0 saturated heterocycles. The van der Waals surface area contributed by atoms with E-state index in [4.69, 9.17) is 55.2 Å². The average molecular weight is 629 g/mol. The van der Waals surface area contributed by atoms with E-state index in [9.17, 15) is 0 Å². The number of hydrogen-bond acceptors (Lipinski definition) is 13. The number of rotatable bonds is 10. The Kier molecular flexibility index (Phi) is 9.21. The van der Waals surface area contributed by atoms with E-state index in [2.05, 4.69) is 0 Å². The van der Waals surface area contributed by atoms with Gasteiger partial charge in [-0.25, -0.2) is 0 Å². The second-order valence-electron chi connectivity index (χ2n) is 8.60. The molecule has 0 amide bonds. The summed E-state index contributed by atoms with van der Waals surface area (Å²) in [5, 5.41) is 0. The smallest absolute Gasteiger partial charge is 0.346 e. The predicted octanol–water partition coefficient (Wildman–Crippen LogP) is 6.77. The molecule has 0 bridgehead atoms. The van der Waals surface area contributed by atoms with Crippen LogP contribution in [0.3, 0.4) is 0 Å². The van der Waals surface area contributed by atoms with Gasteiger partial charge in [0.25, 0.3) is 0 Å². The van der Waals surface area contributed by atoms with Gasteiger partial charge in [0.05, 0.1) is 0 Å². The van der Waals surface area contributed by atoms with Crippen LogP contribution < -0.4 is 41.7 Å². The summed E-state index contributed by atoms with van der Waals surface area (Å²) in [6.07, 6.45) is 0. The molecule has 0 fully saturated rings. The first-order valence-corrected chi connectivity index (χ1v) is 16.2. The van der Waals surface area contributed by atoms with Crippen molar-refractivity contribution in [3.8, 4) is 23.0 Å². The first kappa shape index (κ1) is 29.7. The van der Waals surface area contributed by atoms with Gasteiger partial charge in [-0.05, 0) is 97.1 Å². The van der Waals surface area contributed by atoms with Gasteiger partial charge >= 0.3 is 24.6 Å². The minimum Gasteiger partial charge on any atom is -0.440 e. The SMILES string of the molecule is COP1(OC)=NP(Oc2ccc(N)cc2)N(Oc2ccc(N)cc2)P(Oc2ccc(N)cc2)N1Oc1ccc(N)cc1. The lowest BCUT2D eigenvalue weighted by Crippen LogP contribution is -2.35. The summed E-state index contributed by atoms with van der Waals surface area (Å²) in [5.74, 6) is 1.85. The van der Waals surface area contributed by atoms with Crippen molar-refractivity contribution in [3.05, 3.63) is 97.1 Å². The van der Waals surface area contributed by atoms with E-state index in [0.717, 1.165) is 0 Å². The summed E-state index contributed by atoms with van der Waals surface area (Å²) in [4.78, 5) is 12.8. The van der Waals surface area contributed by atoms with E-state index in [1.165, 1.54) is 23.4 Å². The first-order valence-electron chi connectivity index (χ1n) is 12.4. The largest absolute Gasteiger partial charge is 0.440 e. The van der Waals surface area contributed by atoms with Crippen LogP contribution >= 0.6 is 24.6 Å². The fraction of sp³-hybridized carbons (Fsp3) is 0.0769. The summed E-state index contributed by atoms with van der Waals surface area (Å²) in [6, 6.07) is 27.5. The van der Waals surface area contributed by atoms with Gasteiger partial charge in [0.15, 0.2) is 0 Å². The maximum absolute atomic E-state index is 6.56. The van der Waals surface area contributed by atoms with Crippen LogP contribution in [-0.4, -0.2) is 23.4 Å². The molecule has 13 nitrogen and oxygen atoms in total. The van der Waals surface area contributed by atoms with Gasteiger partial charge < -0.3 is 50.7 Å². The van der Waals surface area contributed by atoms with Crippen LogP contribution in [0, 0.1) is 0 Å². The Labute approximate surface area is 245 Å². The Morgan fingerprint density at radius 3 is 1.36 bits per heavy atom. The number of anilines is 4. The van der Waals surface area contributed by atoms with E-state index < -0.39 is 24.6 Å². The predicted molar refractivity (Wildman–Crippen MR) is 167 cm³/mol. The lowest BCUT2D eigenvalue weighted by Gasteiger charge is -2.43.